The van der Waals surface area contributed by atoms with E-state index in [4.69, 9.17) is 11.5 Å². The van der Waals surface area contributed by atoms with E-state index in [1.54, 1.807) is 6.20 Å². The molecule has 4 unspecified atom stereocenters. The van der Waals surface area contributed by atoms with Gasteiger partial charge < -0.3 is 37.5 Å². The molecule has 0 saturated carbocycles. The van der Waals surface area contributed by atoms with E-state index >= 15 is 0 Å². The van der Waals surface area contributed by atoms with Crippen LogP contribution >= 0.6 is 0 Å². The fraction of sp³-hybridized carbons (Fsp3) is 0.321. The van der Waals surface area contributed by atoms with Crippen molar-refractivity contribution in [3.05, 3.63) is 71.9 Å². The average molecular weight is 551 g/mol. The van der Waals surface area contributed by atoms with Gasteiger partial charge in [0, 0.05) is 29.9 Å². The Labute approximate surface area is 230 Å². The zero-order valence-corrected chi connectivity index (χ0v) is 22.1. The number of primary amides is 1. The van der Waals surface area contributed by atoms with E-state index in [1.807, 2.05) is 54.6 Å². The normalized spacial score (nSPS) is 13.9. The van der Waals surface area contributed by atoms with Crippen molar-refractivity contribution in [1.82, 2.24) is 20.9 Å². The third kappa shape index (κ3) is 8.40. The minimum absolute atomic E-state index is 0.0162. The van der Waals surface area contributed by atoms with E-state index in [-0.39, 0.29) is 25.7 Å². The van der Waals surface area contributed by atoms with Crippen LogP contribution in [0.1, 0.15) is 30.9 Å². The van der Waals surface area contributed by atoms with Crippen LogP contribution in [0.4, 0.5) is 0 Å². The number of H-pyrrole nitrogens is 1. The summed E-state index contributed by atoms with van der Waals surface area (Å²) in [5.74, 6) is -4.01. The molecule has 1 aromatic heterocycles. The zero-order chi connectivity index (χ0) is 29.2. The lowest BCUT2D eigenvalue weighted by Crippen LogP contribution is -2.56. The number of rotatable bonds is 14. The van der Waals surface area contributed by atoms with Gasteiger partial charge in [-0.3, -0.25) is 19.2 Å². The molecule has 4 atom stereocenters. The highest BCUT2D eigenvalue weighted by molar-refractivity contribution is 5.94. The van der Waals surface area contributed by atoms with E-state index in [2.05, 4.69) is 20.9 Å². The Morgan fingerprint density at radius 2 is 1.50 bits per heavy atom. The Kier molecular flexibility index (Phi) is 10.4. The third-order valence-electron chi connectivity index (χ3n) is 6.41. The van der Waals surface area contributed by atoms with Gasteiger partial charge >= 0.3 is 5.97 Å². The second-order valence-electron chi connectivity index (χ2n) is 9.56. The molecular weight excluding hydrogens is 516 g/mol. The molecule has 12 heteroatoms. The molecular formula is C28H34N6O6. The van der Waals surface area contributed by atoms with Gasteiger partial charge in [0.05, 0.1) is 6.04 Å². The highest BCUT2D eigenvalue weighted by Crippen LogP contribution is 2.19. The van der Waals surface area contributed by atoms with Crippen molar-refractivity contribution < 1.29 is 29.1 Å². The van der Waals surface area contributed by atoms with E-state index in [0.717, 1.165) is 16.5 Å². The van der Waals surface area contributed by atoms with Crippen molar-refractivity contribution in [2.75, 3.05) is 0 Å². The maximum atomic E-state index is 13.0. The molecule has 0 aliphatic heterocycles. The summed E-state index contributed by atoms with van der Waals surface area (Å²) >= 11 is 0. The van der Waals surface area contributed by atoms with Crippen LogP contribution in [-0.2, 0) is 36.8 Å². The van der Waals surface area contributed by atoms with Gasteiger partial charge in [-0.2, -0.15) is 0 Å². The molecule has 4 amide bonds. The van der Waals surface area contributed by atoms with E-state index in [0.29, 0.717) is 5.56 Å². The number of carboxylic acids is 1. The molecule has 12 nitrogen and oxygen atoms in total. The predicted octanol–water partition coefficient (Wildman–Crippen LogP) is 0.105. The van der Waals surface area contributed by atoms with Crippen molar-refractivity contribution in [3.63, 3.8) is 0 Å². The number of nitrogens with two attached hydrogens (primary N) is 2. The monoisotopic (exact) mass is 550 g/mol. The van der Waals surface area contributed by atoms with Gasteiger partial charge in [0.15, 0.2) is 0 Å². The number of aromatic amines is 1. The highest BCUT2D eigenvalue weighted by Gasteiger charge is 2.29. The number of aliphatic carboxylic acids is 1. The standard InChI is InChI=1S/C28H34N6O6/c1-16(25(36)34-23(28(39)40)14-18-15-31-21-10-6-5-9-19(18)21)32-27(38)22(11-12-24(30)35)33-26(37)20(29)13-17-7-3-2-4-8-17/h2-10,15-16,20,22-23,31H,11-14,29H2,1H3,(H2,30,35)(H,32,38)(H,33,37)(H,34,36)(H,39,40). The van der Waals surface area contributed by atoms with Gasteiger partial charge in [-0.25, -0.2) is 4.79 Å². The first kappa shape index (κ1) is 29.8. The molecule has 2 aromatic carbocycles. The molecule has 1 heterocycles. The molecule has 9 N–H and O–H groups in total. The molecule has 212 valence electrons. The van der Waals surface area contributed by atoms with Crippen molar-refractivity contribution in [3.8, 4) is 0 Å². The zero-order valence-electron chi connectivity index (χ0n) is 22.1. The Hall–Kier alpha value is -4.71. The number of carbonyl (C=O) groups excluding carboxylic acids is 4. The summed E-state index contributed by atoms with van der Waals surface area (Å²) < 4.78 is 0. The number of carbonyl (C=O) groups is 5. The number of para-hydroxylation sites is 1. The Morgan fingerprint density at radius 3 is 2.17 bits per heavy atom. The molecule has 0 fully saturated rings. The fourth-order valence-corrected chi connectivity index (χ4v) is 4.19. The summed E-state index contributed by atoms with van der Waals surface area (Å²) in [6, 6.07) is 11.9. The van der Waals surface area contributed by atoms with Crippen LogP contribution in [0, 0.1) is 0 Å². The van der Waals surface area contributed by atoms with Gasteiger partial charge in [-0.05, 0) is 37.0 Å². The van der Waals surface area contributed by atoms with Gasteiger partial charge in [-0.15, -0.1) is 0 Å². The lowest BCUT2D eigenvalue weighted by atomic mass is 10.0. The summed E-state index contributed by atoms with van der Waals surface area (Å²) in [6.07, 6.45) is 1.62. The number of nitrogens with one attached hydrogen (secondary N) is 4. The summed E-state index contributed by atoms with van der Waals surface area (Å²) in [5.41, 5.74) is 13.6. The van der Waals surface area contributed by atoms with Crippen LogP contribution in [0.2, 0.25) is 0 Å². The number of fused-ring (bicyclic) bond motifs is 1. The molecule has 0 bridgehead atoms. The Bertz CT molecular complexity index is 1360. The topological polar surface area (TPSA) is 209 Å². The maximum Gasteiger partial charge on any atom is 0.326 e. The lowest BCUT2D eigenvalue weighted by molar-refractivity contribution is -0.142. The minimum atomic E-state index is -1.26. The fourth-order valence-electron chi connectivity index (χ4n) is 4.19. The molecule has 0 spiro atoms. The largest absolute Gasteiger partial charge is 0.480 e. The summed E-state index contributed by atoms with van der Waals surface area (Å²) in [6.45, 7) is 1.38. The third-order valence-corrected chi connectivity index (χ3v) is 6.41. The van der Waals surface area contributed by atoms with E-state index < -0.39 is 53.8 Å². The van der Waals surface area contributed by atoms with Crippen molar-refractivity contribution in [1.29, 1.82) is 0 Å². The maximum absolute atomic E-state index is 13.0. The van der Waals surface area contributed by atoms with Crippen LogP contribution in [-0.4, -0.2) is 63.9 Å². The summed E-state index contributed by atoms with van der Waals surface area (Å²) in [5, 5.41) is 18.0. The van der Waals surface area contributed by atoms with Crippen LogP contribution in [0.5, 0.6) is 0 Å². The van der Waals surface area contributed by atoms with Crippen molar-refractivity contribution in [2.45, 2.75) is 56.8 Å². The number of benzene rings is 2. The molecule has 40 heavy (non-hydrogen) atoms. The molecule has 0 aliphatic rings. The molecule has 0 aliphatic carbocycles. The van der Waals surface area contributed by atoms with Crippen LogP contribution in [0.25, 0.3) is 10.9 Å². The van der Waals surface area contributed by atoms with Crippen molar-refractivity contribution >= 4 is 40.5 Å². The quantitative estimate of drug-likeness (QED) is 0.147. The number of amides is 4. The van der Waals surface area contributed by atoms with Gasteiger partial charge in [-0.1, -0.05) is 48.5 Å². The first-order valence-electron chi connectivity index (χ1n) is 12.8. The summed E-state index contributed by atoms with van der Waals surface area (Å²) in [4.78, 5) is 64.8. The van der Waals surface area contributed by atoms with Gasteiger partial charge in [0.2, 0.25) is 23.6 Å². The smallest absolute Gasteiger partial charge is 0.326 e. The first-order chi connectivity index (χ1) is 19.0. The van der Waals surface area contributed by atoms with E-state index in [9.17, 15) is 29.1 Å². The van der Waals surface area contributed by atoms with Crippen LogP contribution in [0.15, 0.2) is 60.8 Å². The van der Waals surface area contributed by atoms with Gasteiger partial charge in [0.25, 0.3) is 0 Å². The first-order valence-corrected chi connectivity index (χ1v) is 12.8. The molecule has 3 rings (SSSR count). The minimum Gasteiger partial charge on any atom is -0.480 e. The number of aromatic nitrogens is 1. The van der Waals surface area contributed by atoms with Crippen LogP contribution < -0.4 is 27.4 Å². The number of hydrogen-bond acceptors (Lipinski definition) is 6. The Morgan fingerprint density at radius 1 is 0.850 bits per heavy atom. The van der Waals surface area contributed by atoms with Gasteiger partial charge in [0.1, 0.15) is 18.1 Å². The highest BCUT2D eigenvalue weighted by atomic mass is 16.4. The number of carboxylic acid groups (broad SMARTS) is 1. The number of hydrogen-bond donors (Lipinski definition) is 7. The van der Waals surface area contributed by atoms with E-state index in [1.165, 1.54) is 6.92 Å². The van der Waals surface area contributed by atoms with Crippen LogP contribution in [0.3, 0.4) is 0 Å². The molecule has 0 saturated heterocycles. The van der Waals surface area contributed by atoms with Crippen molar-refractivity contribution in [2.24, 2.45) is 11.5 Å². The SMILES string of the molecule is CC(NC(=O)C(CCC(N)=O)NC(=O)C(N)Cc1ccccc1)C(=O)NC(Cc1c[nH]c2ccccc12)C(=O)O. The average Bonchev–Trinajstić information content (AvgIpc) is 3.33. The second-order valence-corrected chi connectivity index (χ2v) is 9.56. The lowest BCUT2D eigenvalue weighted by Gasteiger charge is -2.23. The second kappa shape index (κ2) is 13.9. The molecule has 3 aromatic rings. The Balaban J connectivity index is 1.62. The molecule has 0 radical (unpaired) electrons. The summed E-state index contributed by atoms with van der Waals surface area (Å²) in [7, 11) is 0. The predicted molar refractivity (Wildman–Crippen MR) is 148 cm³/mol.